The van der Waals surface area contributed by atoms with E-state index >= 15 is 0 Å². The van der Waals surface area contributed by atoms with Crippen molar-refractivity contribution in [3.05, 3.63) is 63.3 Å². The van der Waals surface area contributed by atoms with Crippen LogP contribution in [0.2, 0.25) is 0 Å². The van der Waals surface area contributed by atoms with Gasteiger partial charge in [-0.3, -0.25) is 4.79 Å². The Morgan fingerprint density at radius 1 is 1.20 bits per heavy atom. The first-order valence-corrected chi connectivity index (χ1v) is 6.87. The fraction of sp³-hybridized carbons (Fsp3) is 0.0625. The van der Waals surface area contributed by atoms with Gasteiger partial charge in [0.2, 0.25) is 5.78 Å². The number of aryl methyl sites for hydroxylation is 1. The Morgan fingerprint density at radius 3 is 2.60 bits per heavy atom. The molecule has 4 heteroatoms. The smallest absolute Gasteiger partial charge is 0.232 e. The van der Waals surface area contributed by atoms with Crippen LogP contribution in [0.3, 0.4) is 0 Å². The summed E-state index contributed by atoms with van der Waals surface area (Å²) in [4.78, 5) is 12.3. The number of carbonyl (C=O) groups excluding carboxylic acids is 1. The second-order valence-corrected chi connectivity index (χ2v) is 5.54. The molecule has 0 unspecified atom stereocenters. The summed E-state index contributed by atoms with van der Waals surface area (Å²) in [6.07, 6.45) is 1.70. The maximum Gasteiger partial charge on any atom is 0.232 e. The van der Waals surface area contributed by atoms with Crippen molar-refractivity contribution in [3.8, 4) is 11.5 Å². The third-order valence-electron chi connectivity index (χ3n) is 3.12. The number of halogens is 1. The molecule has 0 radical (unpaired) electrons. The second-order valence-electron chi connectivity index (χ2n) is 4.63. The third kappa shape index (κ3) is 2.23. The molecule has 0 bridgehead atoms. The van der Waals surface area contributed by atoms with Gasteiger partial charge in [-0.15, -0.1) is 0 Å². The van der Waals surface area contributed by atoms with Crippen molar-refractivity contribution in [3.63, 3.8) is 0 Å². The fourth-order valence-corrected chi connectivity index (χ4v) is 2.47. The van der Waals surface area contributed by atoms with Gasteiger partial charge >= 0.3 is 0 Å². The second kappa shape index (κ2) is 4.80. The van der Waals surface area contributed by atoms with Crippen LogP contribution in [0.4, 0.5) is 0 Å². The number of hydrogen-bond donors (Lipinski definition) is 1. The summed E-state index contributed by atoms with van der Waals surface area (Å²) in [5.74, 6) is 0.631. The average Bonchev–Trinajstić information content (AvgIpc) is 2.69. The molecule has 1 N–H and O–H groups in total. The number of benzene rings is 2. The van der Waals surface area contributed by atoms with Crippen molar-refractivity contribution in [1.82, 2.24) is 0 Å². The first-order chi connectivity index (χ1) is 9.54. The molecule has 0 saturated carbocycles. The van der Waals surface area contributed by atoms with Crippen molar-refractivity contribution < 1.29 is 14.6 Å². The predicted octanol–water partition coefficient (Wildman–Crippen LogP) is 4.08. The number of ether oxygens (including phenoxy) is 1. The number of phenolic OH excluding ortho intramolecular Hbond substituents is 1. The van der Waals surface area contributed by atoms with E-state index in [1.807, 2.05) is 24.3 Å². The highest BCUT2D eigenvalue weighted by Gasteiger charge is 2.29. The molecule has 20 heavy (non-hydrogen) atoms. The van der Waals surface area contributed by atoms with E-state index < -0.39 is 0 Å². The minimum Gasteiger partial charge on any atom is -0.508 e. The van der Waals surface area contributed by atoms with E-state index in [-0.39, 0.29) is 17.3 Å². The summed E-state index contributed by atoms with van der Waals surface area (Å²) in [6, 6.07) is 10.6. The summed E-state index contributed by atoms with van der Waals surface area (Å²) in [7, 11) is 0. The van der Waals surface area contributed by atoms with Gasteiger partial charge in [0.1, 0.15) is 11.5 Å². The zero-order valence-corrected chi connectivity index (χ0v) is 12.3. The minimum absolute atomic E-state index is 0.0962. The Kier molecular flexibility index (Phi) is 3.10. The molecule has 0 aliphatic carbocycles. The summed E-state index contributed by atoms with van der Waals surface area (Å²) >= 11 is 3.36. The Hall–Kier alpha value is -2.07. The predicted molar refractivity (Wildman–Crippen MR) is 79.9 cm³/mol. The van der Waals surface area contributed by atoms with E-state index in [1.54, 1.807) is 19.1 Å². The molecule has 0 spiro atoms. The quantitative estimate of drug-likeness (QED) is 0.801. The van der Waals surface area contributed by atoms with E-state index in [9.17, 15) is 9.90 Å². The summed E-state index contributed by atoms with van der Waals surface area (Å²) < 4.78 is 6.53. The lowest BCUT2D eigenvalue weighted by molar-refractivity contribution is 0.101. The highest BCUT2D eigenvalue weighted by atomic mass is 79.9. The fourth-order valence-electron chi connectivity index (χ4n) is 2.20. The Labute approximate surface area is 124 Å². The minimum atomic E-state index is -0.152. The molecule has 2 aromatic rings. The lowest BCUT2D eigenvalue weighted by Gasteiger charge is -2.01. The van der Waals surface area contributed by atoms with E-state index in [0.717, 1.165) is 10.0 Å². The SMILES string of the molecule is Cc1cc(O)cc2c1C(=O)/C(=C/c1ccc(Br)cc1)O2. The third-order valence-corrected chi connectivity index (χ3v) is 3.65. The number of phenols is 1. The number of fused-ring (bicyclic) bond motifs is 1. The van der Waals surface area contributed by atoms with Gasteiger partial charge in [0.25, 0.3) is 0 Å². The van der Waals surface area contributed by atoms with E-state index in [2.05, 4.69) is 15.9 Å². The average molecular weight is 331 g/mol. The van der Waals surface area contributed by atoms with Crippen LogP contribution in [-0.4, -0.2) is 10.9 Å². The Balaban J connectivity index is 2.01. The van der Waals surface area contributed by atoms with Gasteiger partial charge in [-0.2, -0.15) is 0 Å². The van der Waals surface area contributed by atoms with Crippen LogP contribution in [0.25, 0.3) is 6.08 Å². The van der Waals surface area contributed by atoms with Gasteiger partial charge in [-0.25, -0.2) is 0 Å². The van der Waals surface area contributed by atoms with Crippen molar-refractivity contribution >= 4 is 27.8 Å². The number of hydrogen-bond acceptors (Lipinski definition) is 3. The van der Waals surface area contributed by atoms with Gasteiger partial charge in [0.15, 0.2) is 5.76 Å². The molecule has 100 valence electrons. The zero-order chi connectivity index (χ0) is 14.3. The van der Waals surface area contributed by atoms with Crippen molar-refractivity contribution in [2.75, 3.05) is 0 Å². The Bertz CT molecular complexity index is 730. The molecule has 1 aliphatic heterocycles. The molecule has 3 nitrogen and oxygen atoms in total. The monoisotopic (exact) mass is 330 g/mol. The molecule has 0 aromatic heterocycles. The lowest BCUT2D eigenvalue weighted by Crippen LogP contribution is -1.99. The lowest BCUT2D eigenvalue weighted by atomic mass is 10.0. The number of Topliss-reactive ketones (excluding diaryl/α,β-unsaturated/α-hetero) is 1. The van der Waals surface area contributed by atoms with Crippen molar-refractivity contribution in [2.24, 2.45) is 0 Å². The van der Waals surface area contributed by atoms with Crippen LogP contribution in [0.5, 0.6) is 11.5 Å². The molecule has 1 aliphatic rings. The normalized spacial score (nSPS) is 15.3. The van der Waals surface area contributed by atoms with Crippen LogP contribution in [0, 0.1) is 6.92 Å². The van der Waals surface area contributed by atoms with E-state index in [4.69, 9.17) is 4.74 Å². The first kappa shape index (κ1) is 12.9. The van der Waals surface area contributed by atoms with Gasteiger partial charge in [0.05, 0.1) is 5.56 Å². The standard InChI is InChI=1S/C16H11BrO3/c1-9-6-12(18)8-13-15(9)16(19)14(20-13)7-10-2-4-11(17)5-3-10/h2-8,18H,1H3/b14-7-. The summed E-state index contributed by atoms with van der Waals surface area (Å²) in [6.45, 7) is 1.78. The highest BCUT2D eigenvalue weighted by Crippen LogP contribution is 2.37. The van der Waals surface area contributed by atoms with Gasteiger partial charge in [-0.1, -0.05) is 28.1 Å². The number of allylic oxidation sites excluding steroid dienone is 1. The topological polar surface area (TPSA) is 46.5 Å². The highest BCUT2D eigenvalue weighted by molar-refractivity contribution is 9.10. The number of rotatable bonds is 1. The molecule has 1 heterocycles. The van der Waals surface area contributed by atoms with Gasteiger partial charge < -0.3 is 9.84 Å². The van der Waals surface area contributed by atoms with Crippen LogP contribution in [-0.2, 0) is 0 Å². The van der Waals surface area contributed by atoms with Crippen LogP contribution < -0.4 is 4.74 Å². The van der Waals surface area contributed by atoms with Gasteiger partial charge in [0, 0.05) is 10.5 Å². The maximum atomic E-state index is 12.3. The molecule has 3 rings (SSSR count). The molecule has 0 fully saturated rings. The van der Waals surface area contributed by atoms with Crippen LogP contribution >= 0.6 is 15.9 Å². The first-order valence-electron chi connectivity index (χ1n) is 6.08. The largest absolute Gasteiger partial charge is 0.508 e. The van der Waals surface area contributed by atoms with E-state index in [1.165, 1.54) is 6.07 Å². The molecule has 0 atom stereocenters. The zero-order valence-electron chi connectivity index (χ0n) is 10.7. The Morgan fingerprint density at radius 2 is 1.90 bits per heavy atom. The summed E-state index contributed by atoms with van der Waals surface area (Å²) in [5, 5.41) is 9.55. The molecule has 2 aromatic carbocycles. The molecule has 0 amide bonds. The van der Waals surface area contributed by atoms with Crippen molar-refractivity contribution in [1.29, 1.82) is 0 Å². The van der Waals surface area contributed by atoms with Gasteiger partial charge in [-0.05, 0) is 42.3 Å². The number of aromatic hydroxyl groups is 1. The van der Waals surface area contributed by atoms with Crippen molar-refractivity contribution in [2.45, 2.75) is 6.92 Å². The molecular formula is C16H11BrO3. The molecular weight excluding hydrogens is 320 g/mol. The van der Waals surface area contributed by atoms with Crippen LogP contribution in [0.1, 0.15) is 21.5 Å². The maximum absolute atomic E-state index is 12.3. The van der Waals surface area contributed by atoms with Crippen LogP contribution in [0.15, 0.2) is 46.6 Å². The molecule has 0 saturated heterocycles. The summed E-state index contributed by atoms with van der Waals surface area (Å²) in [5.41, 5.74) is 2.11. The number of ketones is 1. The number of carbonyl (C=O) groups is 1. The van der Waals surface area contributed by atoms with E-state index in [0.29, 0.717) is 16.9 Å².